The predicted molar refractivity (Wildman–Crippen MR) is 231 cm³/mol. The average molecular weight is 957 g/mol. The molecule has 8 rings (SSSR count). The van der Waals surface area contributed by atoms with Crippen molar-refractivity contribution in [3.63, 3.8) is 0 Å². The van der Waals surface area contributed by atoms with Crippen molar-refractivity contribution in [3.05, 3.63) is 11.6 Å². The van der Waals surface area contributed by atoms with Gasteiger partial charge in [0.05, 0.1) is 24.7 Å². The fourth-order valence-corrected chi connectivity index (χ4v) is 15.0. The zero-order valence-corrected chi connectivity index (χ0v) is 39.7. The highest BCUT2D eigenvalue weighted by molar-refractivity contribution is 5.79. The minimum absolute atomic E-state index is 0.0776. The van der Waals surface area contributed by atoms with Gasteiger partial charge in [0, 0.05) is 0 Å². The fraction of sp³-hybridized carbons (Fsp3) is 0.917. The van der Waals surface area contributed by atoms with Crippen molar-refractivity contribution in [1.82, 2.24) is 0 Å². The van der Waals surface area contributed by atoms with Crippen molar-refractivity contribution < 1.29 is 94.2 Å². The first-order chi connectivity index (χ1) is 31.2. The SMILES string of the molecule is CC1(C)CC[C@]2(C(=O)O[C@@H]3O[C@H](CO)[C@@H](O)[C@H](O)[C@@H]3O)CC[C@]3(C)C(=CC[C@@H]4[C@@]5(C)CC[C@H](O[C@@H]6O[C@H](CO)[C@@H](O)[C@@H](O)[C@@H]6O[C@@H]6O[C@H](C(=O)O)[C@@H](O)[C@H](O)[C@@H]6O)C(C)(C)[C@@H]5CC[C@]43C)[C@@H]2C1. The van der Waals surface area contributed by atoms with Crippen LogP contribution in [0, 0.1) is 50.2 Å². The first-order valence-corrected chi connectivity index (χ1v) is 24.3. The van der Waals surface area contributed by atoms with Gasteiger partial charge in [-0.1, -0.05) is 60.1 Å². The number of aliphatic hydroxyl groups is 10. The van der Waals surface area contributed by atoms with Gasteiger partial charge in [-0.25, -0.2) is 4.79 Å². The summed E-state index contributed by atoms with van der Waals surface area (Å²) in [6.07, 6.45) is -16.3. The van der Waals surface area contributed by atoms with Crippen molar-refractivity contribution in [2.45, 2.75) is 211 Å². The predicted octanol–water partition coefficient (Wildman–Crippen LogP) is 0.233. The van der Waals surface area contributed by atoms with Crippen molar-refractivity contribution in [1.29, 1.82) is 0 Å². The highest BCUT2D eigenvalue weighted by Crippen LogP contribution is 2.76. The summed E-state index contributed by atoms with van der Waals surface area (Å²) in [7, 11) is 0. The summed E-state index contributed by atoms with van der Waals surface area (Å²) >= 11 is 0. The maximum absolute atomic E-state index is 14.7. The average Bonchev–Trinajstić information content (AvgIpc) is 3.26. The molecule has 23 atom stereocenters. The second kappa shape index (κ2) is 18.0. The number of allylic oxidation sites excluding steroid dienone is 2. The molecule has 67 heavy (non-hydrogen) atoms. The van der Waals surface area contributed by atoms with Gasteiger partial charge in [-0.3, -0.25) is 4.79 Å². The molecule has 0 aromatic carbocycles. The van der Waals surface area contributed by atoms with Gasteiger partial charge in [0.25, 0.3) is 0 Å². The Balaban J connectivity index is 1.04. The number of ether oxygens (including phenoxy) is 6. The van der Waals surface area contributed by atoms with Crippen LogP contribution in [0.4, 0.5) is 0 Å². The smallest absolute Gasteiger partial charge is 0.335 e. The number of fused-ring (bicyclic) bond motifs is 7. The van der Waals surface area contributed by atoms with E-state index in [1.54, 1.807) is 0 Å². The maximum Gasteiger partial charge on any atom is 0.335 e. The van der Waals surface area contributed by atoms with E-state index < -0.39 is 134 Å². The molecular formula is C48H76O19. The summed E-state index contributed by atoms with van der Waals surface area (Å²) in [5.74, 6) is -1.96. The molecule has 0 aromatic heterocycles. The molecule has 0 radical (unpaired) electrons. The lowest BCUT2D eigenvalue weighted by Crippen LogP contribution is -2.67. The molecule has 19 nitrogen and oxygen atoms in total. The van der Waals surface area contributed by atoms with Crippen molar-refractivity contribution >= 4 is 11.9 Å². The van der Waals surface area contributed by atoms with E-state index in [0.717, 1.165) is 38.5 Å². The quantitative estimate of drug-likeness (QED) is 0.0838. The summed E-state index contributed by atoms with van der Waals surface area (Å²) < 4.78 is 35.7. The second-order valence-corrected chi connectivity index (χ2v) is 23.5. The Morgan fingerprint density at radius 2 is 1.24 bits per heavy atom. The Bertz CT molecular complexity index is 1880. The van der Waals surface area contributed by atoms with Gasteiger partial charge in [0.15, 0.2) is 18.7 Å². The van der Waals surface area contributed by atoms with E-state index in [0.29, 0.717) is 25.7 Å². The molecule has 0 bridgehead atoms. The molecule has 3 saturated heterocycles. The summed E-state index contributed by atoms with van der Waals surface area (Å²) in [6.45, 7) is 14.6. The number of aliphatic hydroxyl groups excluding tert-OH is 10. The minimum atomic E-state index is -1.98. The molecule has 4 saturated carbocycles. The molecule has 0 aromatic rings. The number of hydrogen-bond acceptors (Lipinski definition) is 18. The summed E-state index contributed by atoms with van der Waals surface area (Å²) in [4.78, 5) is 26.5. The van der Waals surface area contributed by atoms with Crippen LogP contribution in [0.5, 0.6) is 0 Å². The summed E-state index contributed by atoms with van der Waals surface area (Å²) in [5, 5.41) is 115. The number of aliphatic carboxylic acids is 1. The van der Waals surface area contributed by atoms with Crippen LogP contribution in [0.1, 0.15) is 113 Å². The maximum atomic E-state index is 14.7. The van der Waals surface area contributed by atoms with Gasteiger partial charge in [-0.15, -0.1) is 0 Å². The van der Waals surface area contributed by atoms with Gasteiger partial charge < -0.3 is 84.6 Å². The number of carbonyl (C=O) groups excluding carboxylic acids is 1. The molecule has 7 fully saturated rings. The lowest BCUT2D eigenvalue weighted by molar-refractivity contribution is -0.375. The van der Waals surface area contributed by atoms with E-state index in [1.165, 1.54) is 5.57 Å². The van der Waals surface area contributed by atoms with E-state index in [9.17, 15) is 65.8 Å². The number of carboxylic acid groups (broad SMARTS) is 1. The third-order valence-corrected chi connectivity index (χ3v) is 19.3. The van der Waals surface area contributed by atoms with Crippen LogP contribution in [0.25, 0.3) is 0 Å². The van der Waals surface area contributed by atoms with E-state index in [1.807, 2.05) is 0 Å². The van der Waals surface area contributed by atoms with Crippen LogP contribution in [0.2, 0.25) is 0 Å². The molecule has 0 unspecified atom stereocenters. The Morgan fingerprint density at radius 3 is 1.88 bits per heavy atom. The van der Waals surface area contributed by atoms with Crippen LogP contribution >= 0.6 is 0 Å². The van der Waals surface area contributed by atoms with E-state index in [4.69, 9.17) is 28.4 Å². The monoisotopic (exact) mass is 956 g/mol. The Hall–Kier alpha value is -1.92. The molecular weight excluding hydrogens is 881 g/mol. The van der Waals surface area contributed by atoms with E-state index in [-0.39, 0.29) is 39.4 Å². The first kappa shape index (κ1) is 51.4. The summed E-state index contributed by atoms with van der Waals surface area (Å²) in [6, 6.07) is 0. The molecule has 3 aliphatic heterocycles. The van der Waals surface area contributed by atoms with Gasteiger partial charge in [-0.2, -0.15) is 0 Å². The Kier molecular flexibility index (Phi) is 13.8. The molecule has 382 valence electrons. The molecule has 5 aliphatic carbocycles. The van der Waals surface area contributed by atoms with Crippen LogP contribution in [0.15, 0.2) is 11.6 Å². The van der Waals surface area contributed by atoms with Gasteiger partial charge >= 0.3 is 11.9 Å². The first-order valence-electron chi connectivity index (χ1n) is 24.3. The van der Waals surface area contributed by atoms with Crippen LogP contribution < -0.4 is 0 Å². The Labute approximate surface area is 391 Å². The number of carboxylic acids is 1. The number of rotatable bonds is 9. The van der Waals surface area contributed by atoms with Gasteiger partial charge in [-0.05, 0) is 109 Å². The molecule has 19 heteroatoms. The highest BCUT2D eigenvalue weighted by Gasteiger charge is 2.70. The normalized spacial score (nSPS) is 52.6. The largest absolute Gasteiger partial charge is 0.479 e. The second-order valence-electron chi connectivity index (χ2n) is 23.5. The van der Waals surface area contributed by atoms with Gasteiger partial charge in [0.1, 0.15) is 67.1 Å². The topological polar surface area (TPSA) is 312 Å². The zero-order valence-electron chi connectivity index (χ0n) is 39.7. The number of esters is 1. The van der Waals surface area contributed by atoms with Crippen molar-refractivity contribution in [2.75, 3.05) is 13.2 Å². The molecule has 0 amide bonds. The third kappa shape index (κ3) is 8.06. The lowest BCUT2D eigenvalue weighted by Gasteiger charge is -2.71. The molecule has 3 heterocycles. The van der Waals surface area contributed by atoms with E-state index in [2.05, 4.69) is 54.5 Å². The Morgan fingerprint density at radius 1 is 0.642 bits per heavy atom. The minimum Gasteiger partial charge on any atom is -0.479 e. The standard InChI is InChI=1S/C48H76O19/c1-43(2)14-16-48(42(61)67-39-34(57)30(53)28(51)23(19-49)62-39)17-15-46(6)21(22(48)18-43)8-9-26-45(5)12-11-27(44(3,4)25(45)10-13-47(26,46)7)64-41-37(32(55)29(52)24(20-50)63-41)66-40-35(58)31(54)33(56)36(65-40)38(59)60/h8,22-37,39-41,49-58H,9-20H2,1-7H3,(H,59,60)/t22-,23+,24+,25-,26+,27-,28+,29+,30-,31-,32+,33-,34-,35-,36-,37-,39-,40-,41-,45-,46+,47+,48-/m0/s1. The van der Waals surface area contributed by atoms with Gasteiger partial charge in [0.2, 0.25) is 6.29 Å². The number of carbonyl (C=O) groups is 2. The van der Waals surface area contributed by atoms with Crippen LogP contribution in [-0.4, -0.2) is 180 Å². The van der Waals surface area contributed by atoms with Crippen LogP contribution in [-0.2, 0) is 38.0 Å². The molecule has 0 spiro atoms. The van der Waals surface area contributed by atoms with E-state index >= 15 is 0 Å². The third-order valence-electron chi connectivity index (χ3n) is 19.3. The summed E-state index contributed by atoms with van der Waals surface area (Å²) in [5.41, 5.74) is -0.931. The molecule has 11 N–H and O–H groups in total. The molecule has 8 aliphatic rings. The van der Waals surface area contributed by atoms with Crippen LogP contribution in [0.3, 0.4) is 0 Å². The highest BCUT2D eigenvalue weighted by atomic mass is 16.8. The van der Waals surface area contributed by atoms with Crippen molar-refractivity contribution in [2.24, 2.45) is 50.2 Å². The number of hydrogen-bond donors (Lipinski definition) is 11. The van der Waals surface area contributed by atoms with Crippen molar-refractivity contribution in [3.8, 4) is 0 Å². The zero-order chi connectivity index (χ0) is 49.1. The lowest BCUT2D eigenvalue weighted by atomic mass is 9.33. The fourth-order valence-electron chi connectivity index (χ4n) is 15.0.